The highest BCUT2D eigenvalue weighted by Crippen LogP contribution is 2.39. The van der Waals surface area contributed by atoms with Gasteiger partial charge in [0.2, 0.25) is 5.91 Å². The van der Waals surface area contributed by atoms with E-state index in [1.807, 2.05) is 0 Å². The standard InChI is InChI=1S/C20H17F3N4O5/c1-12-9-18(27(29)30)25-26(12)11-19(28)24-14-10-13(20(21,22)23)7-8-15(14)32-17-6-4-3-5-16(17)31-2/h3-10H,11H2,1-2H3,(H,24,28). The lowest BCUT2D eigenvalue weighted by Gasteiger charge is -2.16. The van der Waals surface area contributed by atoms with Crippen molar-refractivity contribution in [2.45, 2.75) is 19.6 Å². The van der Waals surface area contributed by atoms with Crippen LogP contribution in [0.1, 0.15) is 11.3 Å². The van der Waals surface area contributed by atoms with Gasteiger partial charge in [-0.25, -0.2) is 0 Å². The third-order valence-electron chi connectivity index (χ3n) is 4.32. The van der Waals surface area contributed by atoms with E-state index in [2.05, 4.69) is 10.4 Å². The van der Waals surface area contributed by atoms with Crippen LogP contribution in [-0.2, 0) is 17.5 Å². The number of ether oxygens (including phenoxy) is 2. The molecule has 12 heteroatoms. The third kappa shape index (κ3) is 5.14. The fourth-order valence-corrected chi connectivity index (χ4v) is 2.78. The molecule has 1 N–H and O–H groups in total. The zero-order chi connectivity index (χ0) is 23.5. The number of rotatable bonds is 7. The number of benzene rings is 2. The van der Waals surface area contributed by atoms with Gasteiger partial charge in [-0.2, -0.15) is 17.9 Å². The molecule has 1 aromatic heterocycles. The Bertz CT molecular complexity index is 1160. The maximum atomic E-state index is 13.2. The van der Waals surface area contributed by atoms with Crippen LogP contribution in [0.25, 0.3) is 0 Å². The van der Waals surface area contributed by atoms with Crippen LogP contribution in [0.2, 0.25) is 0 Å². The van der Waals surface area contributed by atoms with E-state index in [-0.39, 0.29) is 17.2 Å². The van der Waals surface area contributed by atoms with E-state index in [9.17, 15) is 28.1 Å². The average molecular weight is 450 g/mol. The van der Waals surface area contributed by atoms with E-state index >= 15 is 0 Å². The van der Waals surface area contributed by atoms with Crippen molar-refractivity contribution >= 4 is 17.4 Å². The smallest absolute Gasteiger partial charge is 0.416 e. The zero-order valence-corrected chi connectivity index (χ0v) is 16.8. The maximum absolute atomic E-state index is 13.2. The molecule has 32 heavy (non-hydrogen) atoms. The van der Waals surface area contributed by atoms with Gasteiger partial charge in [-0.15, -0.1) is 0 Å². The van der Waals surface area contributed by atoms with Crippen molar-refractivity contribution in [3.63, 3.8) is 0 Å². The Morgan fingerprint density at radius 1 is 1.16 bits per heavy atom. The highest BCUT2D eigenvalue weighted by Gasteiger charge is 2.31. The summed E-state index contributed by atoms with van der Waals surface area (Å²) >= 11 is 0. The molecule has 0 aliphatic carbocycles. The van der Waals surface area contributed by atoms with Crippen molar-refractivity contribution in [3.05, 3.63) is 69.9 Å². The van der Waals surface area contributed by atoms with E-state index < -0.39 is 34.9 Å². The first-order valence-corrected chi connectivity index (χ1v) is 9.09. The van der Waals surface area contributed by atoms with Crippen LogP contribution in [0.15, 0.2) is 48.5 Å². The Labute approximate surface area is 179 Å². The molecule has 0 fully saturated rings. The fraction of sp³-hybridized carbons (Fsp3) is 0.200. The largest absolute Gasteiger partial charge is 0.493 e. The predicted molar refractivity (Wildman–Crippen MR) is 107 cm³/mol. The number of carbonyl (C=O) groups excluding carboxylic acids is 1. The molecular weight excluding hydrogens is 433 g/mol. The number of anilines is 1. The normalized spacial score (nSPS) is 11.2. The molecule has 0 bridgehead atoms. The lowest BCUT2D eigenvalue weighted by Crippen LogP contribution is -2.21. The van der Waals surface area contributed by atoms with Crippen LogP contribution in [0.4, 0.5) is 24.7 Å². The Hall–Kier alpha value is -4.09. The number of amides is 1. The minimum absolute atomic E-state index is 0.0565. The number of nitrogens with zero attached hydrogens (tertiary/aromatic N) is 3. The summed E-state index contributed by atoms with van der Waals surface area (Å²) in [6.07, 6.45) is -4.65. The zero-order valence-electron chi connectivity index (χ0n) is 16.8. The quantitative estimate of drug-likeness (QED) is 0.418. The molecule has 1 amide bonds. The van der Waals surface area contributed by atoms with Gasteiger partial charge in [0.25, 0.3) is 0 Å². The first kappa shape index (κ1) is 22.6. The molecule has 3 aromatic rings. The summed E-state index contributed by atoms with van der Waals surface area (Å²) in [7, 11) is 1.41. The van der Waals surface area contributed by atoms with Crippen molar-refractivity contribution in [1.82, 2.24) is 9.78 Å². The average Bonchev–Trinajstić information content (AvgIpc) is 3.09. The number of carbonyl (C=O) groups is 1. The van der Waals surface area contributed by atoms with Crippen LogP contribution in [0, 0.1) is 17.0 Å². The lowest BCUT2D eigenvalue weighted by atomic mass is 10.1. The highest BCUT2D eigenvalue weighted by atomic mass is 19.4. The number of hydrogen-bond donors (Lipinski definition) is 1. The van der Waals surface area contributed by atoms with Gasteiger partial charge in [0.15, 0.2) is 17.2 Å². The minimum atomic E-state index is -4.65. The highest BCUT2D eigenvalue weighted by molar-refractivity contribution is 5.92. The van der Waals surface area contributed by atoms with Crippen LogP contribution in [-0.4, -0.2) is 27.7 Å². The first-order valence-electron chi connectivity index (χ1n) is 9.09. The number of halogens is 3. The number of nitrogens with one attached hydrogen (secondary N) is 1. The van der Waals surface area contributed by atoms with E-state index in [0.717, 1.165) is 22.9 Å². The predicted octanol–water partition coefficient (Wildman–Crippen LogP) is 4.56. The maximum Gasteiger partial charge on any atom is 0.416 e. The van der Waals surface area contributed by atoms with Crippen LogP contribution in [0.5, 0.6) is 17.2 Å². The number of para-hydroxylation sites is 2. The number of aromatic nitrogens is 2. The van der Waals surface area contributed by atoms with Gasteiger partial charge < -0.3 is 24.9 Å². The van der Waals surface area contributed by atoms with Gasteiger partial charge in [-0.3, -0.25) is 4.79 Å². The second-order valence-electron chi connectivity index (χ2n) is 6.57. The van der Waals surface area contributed by atoms with Crippen molar-refractivity contribution in [2.75, 3.05) is 12.4 Å². The first-order chi connectivity index (χ1) is 15.1. The topological polar surface area (TPSA) is 109 Å². The van der Waals surface area contributed by atoms with Crippen molar-refractivity contribution in [3.8, 4) is 17.2 Å². The van der Waals surface area contributed by atoms with Gasteiger partial charge in [-0.1, -0.05) is 12.1 Å². The van der Waals surface area contributed by atoms with Gasteiger partial charge in [0, 0.05) is 0 Å². The van der Waals surface area contributed by atoms with E-state index in [0.29, 0.717) is 11.4 Å². The SMILES string of the molecule is COc1ccccc1Oc1ccc(C(F)(F)F)cc1NC(=O)Cn1nc([N+](=O)[O-])cc1C. The second-order valence-corrected chi connectivity index (χ2v) is 6.57. The summed E-state index contributed by atoms with van der Waals surface area (Å²) in [6.45, 7) is 1.05. The number of nitro groups is 1. The molecule has 0 aliphatic rings. The summed E-state index contributed by atoms with van der Waals surface area (Å²) in [4.78, 5) is 22.6. The van der Waals surface area contributed by atoms with Gasteiger partial charge in [0.05, 0.1) is 35.2 Å². The van der Waals surface area contributed by atoms with Crippen molar-refractivity contribution < 1.29 is 32.4 Å². The Balaban J connectivity index is 1.90. The van der Waals surface area contributed by atoms with E-state index in [1.54, 1.807) is 24.3 Å². The molecule has 0 saturated heterocycles. The van der Waals surface area contributed by atoms with Gasteiger partial charge in [0.1, 0.15) is 6.54 Å². The molecule has 0 atom stereocenters. The summed E-state index contributed by atoms with van der Waals surface area (Å²) in [5.74, 6) is -0.697. The van der Waals surface area contributed by atoms with Crippen LogP contribution >= 0.6 is 0 Å². The van der Waals surface area contributed by atoms with Crippen LogP contribution in [0.3, 0.4) is 0 Å². The van der Waals surface area contributed by atoms with Crippen LogP contribution < -0.4 is 14.8 Å². The monoisotopic (exact) mass is 450 g/mol. The molecule has 1 heterocycles. The molecule has 168 valence electrons. The molecule has 0 spiro atoms. The second kappa shape index (κ2) is 8.96. The Morgan fingerprint density at radius 2 is 1.84 bits per heavy atom. The fourth-order valence-electron chi connectivity index (χ4n) is 2.78. The number of aryl methyl sites for hydroxylation is 1. The van der Waals surface area contributed by atoms with Crippen molar-refractivity contribution in [2.24, 2.45) is 0 Å². The Morgan fingerprint density at radius 3 is 2.44 bits per heavy atom. The summed E-state index contributed by atoms with van der Waals surface area (Å²) in [6, 6.07) is 10.3. The molecule has 0 radical (unpaired) electrons. The molecule has 0 aliphatic heterocycles. The number of alkyl halides is 3. The summed E-state index contributed by atoms with van der Waals surface area (Å²) < 4.78 is 51.6. The molecule has 0 unspecified atom stereocenters. The summed E-state index contributed by atoms with van der Waals surface area (Å²) in [5, 5.41) is 16.9. The minimum Gasteiger partial charge on any atom is -0.493 e. The lowest BCUT2D eigenvalue weighted by molar-refractivity contribution is -0.389. The van der Waals surface area contributed by atoms with Crippen molar-refractivity contribution in [1.29, 1.82) is 0 Å². The molecular formula is C20H17F3N4O5. The third-order valence-corrected chi connectivity index (χ3v) is 4.32. The summed E-state index contributed by atoms with van der Waals surface area (Å²) in [5.41, 5.74) is -0.900. The number of hydrogen-bond acceptors (Lipinski definition) is 6. The Kier molecular flexibility index (Phi) is 6.32. The number of methoxy groups -OCH3 is 1. The molecule has 3 rings (SSSR count). The molecule has 0 saturated carbocycles. The van der Waals surface area contributed by atoms with E-state index in [1.165, 1.54) is 20.1 Å². The van der Waals surface area contributed by atoms with E-state index in [4.69, 9.17) is 9.47 Å². The molecule has 9 nitrogen and oxygen atoms in total. The van der Waals surface area contributed by atoms with Gasteiger partial charge in [-0.05, 0) is 42.2 Å². The molecule has 2 aromatic carbocycles. The van der Waals surface area contributed by atoms with Gasteiger partial charge >= 0.3 is 12.0 Å².